The van der Waals surface area contributed by atoms with E-state index in [9.17, 15) is 19.5 Å². The number of carbonyl (C=O) groups excluding carboxylic acids is 2. The molecule has 0 saturated heterocycles. The quantitative estimate of drug-likeness (QED) is 0.0211. The zero-order chi connectivity index (χ0) is 64.7. The van der Waals surface area contributed by atoms with Crippen molar-refractivity contribution in [1.29, 1.82) is 0 Å². The summed E-state index contributed by atoms with van der Waals surface area (Å²) in [6.07, 6.45) is 101. The molecule has 0 radical (unpaired) electrons. The highest BCUT2D eigenvalue weighted by Gasteiger charge is 2.25. The fourth-order valence-electron chi connectivity index (χ4n) is 8.89. The Hall–Kier alpha value is -5.61. The minimum atomic E-state index is -1.53. The van der Waals surface area contributed by atoms with Crippen molar-refractivity contribution in [3.8, 4) is 0 Å². The lowest BCUT2D eigenvalue weighted by Crippen LogP contribution is -2.40. The average Bonchev–Trinajstić information content (AvgIpc) is 3.71. The van der Waals surface area contributed by atoms with E-state index in [1.807, 2.05) is 21.1 Å². The molecule has 9 nitrogen and oxygen atoms in total. The first kappa shape index (κ1) is 83.4. The molecule has 0 amide bonds. The lowest BCUT2D eigenvalue weighted by Gasteiger charge is -2.25. The van der Waals surface area contributed by atoms with Crippen molar-refractivity contribution in [3.05, 3.63) is 182 Å². The predicted octanol–water partition coefficient (Wildman–Crippen LogP) is 22.0. The molecule has 0 aliphatic rings. The summed E-state index contributed by atoms with van der Waals surface area (Å²) in [5, 5.41) is 9.75. The van der Waals surface area contributed by atoms with E-state index in [1.54, 1.807) is 0 Å². The first-order chi connectivity index (χ1) is 43.6. The fraction of sp³-hybridized carbons (Fsp3) is 0.588. The number of hydrogen-bond acceptors (Lipinski definition) is 7. The van der Waals surface area contributed by atoms with Crippen LogP contribution in [-0.2, 0) is 33.3 Å². The molecule has 2 atom stereocenters. The second-order valence-electron chi connectivity index (χ2n) is 23.7. The van der Waals surface area contributed by atoms with E-state index in [0.717, 1.165) is 141 Å². The number of hydrogen-bond donors (Lipinski definition) is 1. The van der Waals surface area contributed by atoms with Gasteiger partial charge in [-0.25, -0.2) is 4.79 Å². The SMILES string of the molecule is CC/C=C\C/C=C\C/C=C\C/C=C\C/C=C\C/C=C\C/C=C\C/C=C\CCCCCCC(=O)OC(COC(=O)CCCCCCCCCCCCCCC/C=C\C/C=C\C/C=C\C/C=C\C/C=C\C/C=C\C/C=C\CC)COC(OCC[N+](C)(C)C)C(=O)O. The number of aliphatic carboxylic acids is 1. The smallest absolute Gasteiger partial charge is 0.361 e. The highest BCUT2D eigenvalue weighted by molar-refractivity contribution is 5.71. The third kappa shape index (κ3) is 69.7. The van der Waals surface area contributed by atoms with E-state index in [0.29, 0.717) is 17.4 Å². The molecule has 500 valence electrons. The summed E-state index contributed by atoms with van der Waals surface area (Å²) in [4.78, 5) is 37.6. The number of unbranched alkanes of at least 4 members (excludes halogenated alkanes) is 17. The van der Waals surface area contributed by atoms with Gasteiger partial charge in [-0.15, -0.1) is 0 Å². The molecule has 1 N–H and O–H groups in total. The normalized spacial score (nSPS) is 13.9. The number of nitrogens with zero attached hydrogens (tertiary/aromatic N) is 1. The second kappa shape index (κ2) is 68.3. The number of quaternary nitrogens is 1. The summed E-state index contributed by atoms with van der Waals surface area (Å²) in [5.74, 6) is -2.06. The van der Waals surface area contributed by atoms with E-state index in [-0.39, 0.29) is 38.6 Å². The van der Waals surface area contributed by atoms with Crippen LogP contribution in [0.4, 0.5) is 0 Å². The fourth-order valence-corrected chi connectivity index (χ4v) is 8.89. The minimum absolute atomic E-state index is 0.172. The molecule has 0 heterocycles. The van der Waals surface area contributed by atoms with Crippen molar-refractivity contribution in [2.75, 3.05) is 47.5 Å². The summed E-state index contributed by atoms with van der Waals surface area (Å²) in [6, 6.07) is 0. The minimum Gasteiger partial charge on any atom is -0.477 e. The van der Waals surface area contributed by atoms with Crippen molar-refractivity contribution < 1.29 is 42.9 Å². The number of carboxylic acid groups (broad SMARTS) is 1. The van der Waals surface area contributed by atoms with Crippen molar-refractivity contribution in [2.45, 2.75) is 257 Å². The number of allylic oxidation sites excluding steroid dienone is 30. The van der Waals surface area contributed by atoms with Gasteiger partial charge in [0.2, 0.25) is 0 Å². The third-order valence-corrected chi connectivity index (χ3v) is 14.2. The van der Waals surface area contributed by atoms with Gasteiger partial charge >= 0.3 is 17.9 Å². The summed E-state index contributed by atoms with van der Waals surface area (Å²) in [7, 11) is 5.95. The van der Waals surface area contributed by atoms with Crippen LogP contribution in [-0.4, -0.2) is 87.4 Å². The Balaban J connectivity index is 4.23. The van der Waals surface area contributed by atoms with E-state index in [1.165, 1.54) is 70.6 Å². The Kier molecular flexibility index (Phi) is 64.0. The van der Waals surface area contributed by atoms with Crippen LogP contribution in [0.3, 0.4) is 0 Å². The van der Waals surface area contributed by atoms with Crippen LogP contribution in [0.1, 0.15) is 245 Å². The van der Waals surface area contributed by atoms with Crippen molar-refractivity contribution in [3.63, 3.8) is 0 Å². The van der Waals surface area contributed by atoms with Crippen LogP contribution >= 0.6 is 0 Å². The lowest BCUT2D eigenvalue weighted by molar-refractivity contribution is -0.870. The van der Waals surface area contributed by atoms with E-state index < -0.39 is 24.3 Å². The molecular weight excluding hydrogens is 1100 g/mol. The lowest BCUT2D eigenvalue weighted by atomic mass is 10.0. The first-order valence-electron chi connectivity index (χ1n) is 34.9. The van der Waals surface area contributed by atoms with Crippen LogP contribution < -0.4 is 0 Å². The molecule has 9 heteroatoms. The number of carbonyl (C=O) groups is 3. The maximum atomic E-state index is 12.9. The van der Waals surface area contributed by atoms with Gasteiger partial charge in [-0.3, -0.25) is 9.59 Å². The van der Waals surface area contributed by atoms with E-state index >= 15 is 0 Å². The highest BCUT2D eigenvalue weighted by atomic mass is 16.7. The molecule has 0 bridgehead atoms. The van der Waals surface area contributed by atoms with Crippen LogP contribution in [0.15, 0.2) is 182 Å². The molecule has 0 aliphatic carbocycles. The number of esters is 2. The molecule has 0 aromatic rings. The van der Waals surface area contributed by atoms with Gasteiger partial charge < -0.3 is 28.5 Å². The van der Waals surface area contributed by atoms with Gasteiger partial charge in [-0.2, -0.15) is 0 Å². The number of ether oxygens (including phenoxy) is 4. The monoisotopic (exact) mass is 1230 g/mol. The molecule has 2 unspecified atom stereocenters. The summed E-state index contributed by atoms with van der Waals surface area (Å²) in [5.41, 5.74) is 0. The first-order valence-corrected chi connectivity index (χ1v) is 34.9. The molecule has 0 spiro atoms. The molecule has 89 heavy (non-hydrogen) atoms. The predicted molar refractivity (Wildman–Crippen MR) is 382 cm³/mol. The Morgan fingerprint density at radius 3 is 0.899 bits per heavy atom. The van der Waals surface area contributed by atoms with Crippen LogP contribution in [0.25, 0.3) is 0 Å². The Bertz CT molecular complexity index is 2120. The van der Waals surface area contributed by atoms with Gasteiger partial charge in [-0.05, 0) is 135 Å². The standard InChI is InChI=1S/C80H127NO8/c1-6-8-10-12-14-16-18-20-22-24-26-28-30-32-34-36-37-38-39-40-41-43-44-46-48-50-52-54-56-58-60-62-64-66-68-70-77(82)87-74-76(75-88-80(79(84)85)86-73-72-81(3,4)5)89-78(83)71-69-67-65-63-61-59-57-55-53-51-49-47-45-42-35-33-31-29-27-25-23-21-19-17-15-13-11-9-7-2/h8-11,14-17,20-23,26-29,32-35,37-38,40-41,45,47,51,53,57,59,76,80H,6-7,12-13,18-19,24-25,30-31,36,39,42-44,46,48-50,52,54-56,58,60-75H2,1-5H3/p+1/b10-8-,11-9-,16-14-,17-15-,22-20-,23-21-,28-26-,29-27-,34-32-,35-33-,38-37-,41-40-,47-45-,53-51-,59-57-. The molecule has 0 rings (SSSR count). The average molecular weight is 1230 g/mol. The van der Waals surface area contributed by atoms with Crippen molar-refractivity contribution >= 4 is 17.9 Å². The van der Waals surface area contributed by atoms with Gasteiger partial charge in [0.1, 0.15) is 13.2 Å². The van der Waals surface area contributed by atoms with Crippen LogP contribution in [0.5, 0.6) is 0 Å². The van der Waals surface area contributed by atoms with Gasteiger partial charge in [-0.1, -0.05) is 280 Å². The zero-order valence-electron chi connectivity index (χ0n) is 57.0. The number of carboxylic acids is 1. The number of likely N-dealkylation sites (N-methyl/N-ethyl adjacent to an activating group) is 1. The van der Waals surface area contributed by atoms with E-state index in [4.69, 9.17) is 18.9 Å². The van der Waals surface area contributed by atoms with Crippen molar-refractivity contribution in [1.82, 2.24) is 0 Å². The maximum Gasteiger partial charge on any atom is 0.361 e. The topological polar surface area (TPSA) is 108 Å². The van der Waals surface area contributed by atoms with Gasteiger partial charge in [0.25, 0.3) is 6.29 Å². The van der Waals surface area contributed by atoms with Gasteiger partial charge in [0.15, 0.2) is 6.10 Å². The Morgan fingerprint density at radius 1 is 0.337 bits per heavy atom. The molecule has 0 fully saturated rings. The summed E-state index contributed by atoms with van der Waals surface area (Å²) < 4.78 is 22.9. The molecule has 0 aromatic carbocycles. The number of rotatable bonds is 62. The molecule has 0 aromatic heterocycles. The Morgan fingerprint density at radius 2 is 0.607 bits per heavy atom. The van der Waals surface area contributed by atoms with E-state index in [2.05, 4.69) is 196 Å². The largest absolute Gasteiger partial charge is 0.477 e. The molecule has 0 saturated carbocycles. The third-order valence-electron chi connectivity index (χ3n) is 14.2. The summed E-state index contributed by atoms with van der Waals surface area (Å²) in [6.45, 7) is 4.60. The van der Waals surface area contributed by atoms with Gasteiger partial charge in [0.05, 0.1) is 34.4 Å². The second-order valence-corrected chi connectivity index (χ2v) is 23.7. The maximum absolute atomic E-state index is 12.9. The molecular formula is C80H128NO8+. The summed E-state index contributed by atoms with van der Waals surface area (Å²) >= 11 is 0. The van der Waals surface area contributed by atoms with Gasteiger partial charge in [0, 0.05) is 12.8 Å². The van der Waals surface area contributed by atoms with Crippen LogP contribution in [0, 0.1) is 0 Å². The zero-order valence-corrected chi connectivity index (χ0v) is 57.0. The van der Waals surface area contributed by atoms with Crippen molar-refractivity contribution in [2.24, 2.45) is 0 Å². The molecule has 0 aliphatic heterocycles. The Labute approximate surface area is 545 Å². The van der Waals surface area contributed by atoms with Crippen LogP contribution in [0.2, 0.25) is 0 Å². The highest BCUT2D eigenvalue weighted by Crippen LogP contribution is 2.15.